The molecule has 6 heteroatoms. The Morgan fingerprint density at radius 3 is 2.84 bits per heavy atom. The predicted molar refractivity (Wildman–Crippen MR) is 74.9 cm³/mol. The van der Waals surface area contributed by atoms with Crippen LogP contribution in [0.4, 0.5) is 0 Å². The fourth-order valence-corrected chi connectivity index (χ4v) is 2.46. The van der Waals surface area contributed by atoms with Gasteiger partial charge in [0.05, 0.1) is 11.6 Å². The molecule has 3 N–H and O–H groups in total. The normalized spacial score (nSPS) is 21.7. The fourth-order valence-electron chi connectivity index (χ4n) is 2.42. The van der Waals surface area contributed by atoms with Crippen molar-refractivity contribution in [1.29, 1.82) is 0 Å². The number of carbonyl (C=O) groups is 2. The van der Waals surface area contributed by atoms with E-state index in [4.69, 9.17) is 5.73 Å². The molecule has 1 aromatic carbocycles. The van der Waals surface area contributed by atoms with E-state index < -0.39 is 17.5 Å². The number of nitrogens with two attached hydrogens (primary N) is 1. The molecule has 3 rings (SSSR count). The first-order valence-corrected chi connectivity index (χ1v) is 6.03. The van der Waals surface area contributed by atoms with Crippen LogP contribution in [0.2, 0.25) is 0 Å². The van der Waals surface area contributed by atoms with Gasteiger partial charge in [0.15, 0.2) is 5.11 Å². The summed E-state index contributed by atoms with van der Waals surface area (Å²) >= 11 is 4.67. The summed E-state index contributed by atoms with van der Waals surface area (Å²) in [5, 5.41) is 4.00. The molecule has 0 amide bonds. The van der Waals surface area contributed by atoms with E-state index in [9.17, 15) is 9.59 Å². The van der Waals surface area contributed by atoms with Crippen LogP contribution in [0.3, 0.4) is 0 Å². The summed E-state index contributed by atoms with van der Waals surface area (Å²) in [6, 6.07) is 5.30. The summed E-state index contributed by atoms with van der Waals surface area (Å²) in [5.74, 6) is -1.57. The number of allylic oxidation sites excluding steroid dienone is 1. The standard InChI is InChI=1S/C13H9N3O2S/c14-13(19)16-15-8-5-4-6-2-1-3-7-9(6)10(8)12(18)11(7)17/h1-5,10H,(H3,14,16,19). The van der Waals surface area contributed by atoms with Gasteiger partial charge in [0.25, 0.3) is 0 Å². The lowest BCUT2D eigenvalue weighted by atomic mass is 9.87. The van der Waals surface area contributed by atoms with Gasteiger partial charge in [-0.05, 0) is 29.4 Å². The van der Waals surface area contributed by atoms with Crippen molar-refractivity contribution < 1.29 is 9.59 Å². The Kier molecular flexibility index (Phi) is 2.53. The molecule has 5 nitrogen and oxygen atoms in total. The molecule has 94 valence electrons. The highest BCUT2D eigenvalue weighted by molar-refractivity contribution is 7.80. The van der Waals surface area contributed by atoms with Crippen molar-refractivity contribution >= 4 is 40.7 Å². The van der Waals surface area contributed by atoms with Gasteiger partial charge in [0, 0.05) is 5.56 Å². The van der Waals surface area contributed by atoms with Crippen LogP contribution >= 0.6 is 12.2 Å². The second-order valence-corrected chi connectivity index (χ2v) is 4.72. The topological polar surface area (TPSA) is 84.5 Å². The first kappa shape index (κ1) is 11.7. The lowest BCUT2D eigenvalue weighted by Crippen LogP contribution is -2.28. The molecule has 0 bridgehead atoms. The van der Waals surface area contributed by atoms with E-state index in [-0.39, 0.29) is 5.11 Å². The number of ketones is 2. The zero-order valence-corrected chi connectivity index (χ0v) is 10.5. The minimum atomic E-state index is -0.648. The maximum absolute atomic E-state index is 12.1. The molecule has 1 aromatic rings. The predicted octanol–water partition coefficient (Wildman–Crippen LogP) is 0.752. The van der Waals surface area contributed by atoms with Crippen molar-refractivity contribution in [2.75, 3.05) is 0 Å². The van der Waals surface area contributed by atoms with Gasteiger partial charge >= 0.3 is 0 Å². The fraction of sp³-hybridized carbons (Fsp3) is 0.0769. The van der Waals surface area contributed by atoms with E-state index in [1.165, 1.54) is 0 Å². The van der Waals surface area contributed by atoms with Crippen LogP contribution in [0.5, 0.6) is 0 Å². The molecule has 0 radical (unpaired) electrons. The maximum atomic E-state index is 12.1. The van der Waals surface area contributed by atoms with E-state index in [0.717, 1.165) is 11.1 Å². The van der Waals surface area contributed by atoms with Crippen LogP contribution in [0, 0.1) is 0 Å². The number of thiocarbonyl (C=S) groups is 1. The third kappa shape index (κ3) is 1.68. The van der Waals surface area contributed by atoms with Crippen LogP contribution in [0.15, 0.2) is 29.4 Å². The average Bonchev–Trinajstić information content (AvgIpc) is 2.65. The number of nitrogens with one attached hydrogen (secondary N) is 1. The van der Waals surface area contributed by atoms with Crippen molar-refractivity contribution in [3.63, 3.8) is 0 Å². The minimum absolute atomic E-state index is 0.0109. The summed E-state index contributed by atoms with van der Waals surface area (Å²) in [7, 11) is 0. The molecule has 2 aliphatic rings. The Bertz CT molecular complexity index is 691. The Morgan fingerprint density at radius 2 is 2.11 bits per heavy atom. The molecule has 0 saturated heterocycles. The van der Waals surface area contributed by atoms with Gasteiger partial charge in [0.2, 0.25) is 11.6 Å². The molecular formula is C13H9N3O2S. The Balaban J connectivity index is 2.15. The maximum Gasteiger partial charge on any atom is 0.229 e. The Hall–Kier alpha value is -2.34. The number of hydrogen-bond acceptors (Lipinski definition) is 4. The summed E-state index contributed by atoms with van der Waals surface area (Å²) in [5.41, 5.74) is 10.3. The molecule has 0 spiro atoms. The van der Waals surface area contributed by atoms with Crippen LogP contribution in [-0.4, -0.2) is 22.4 Å². The highest BCUT2D eigenvalue weighted by Gasteiger charge is 2.43. The third-order valence-corrected chi connectivity index (χ3v) is 3.28. The lowest BCUT2D eigenvalue weighted by Gasteiger charge is -2.17. The number of nitrogens with zero attached hydrogens (tertiary/aromatic N) is 1. The first-order valence-electron chi connectivity index (χ1n) is 5.62. The number of carbonyl (C=O) groups excluding carboxylic acids is 2. The minimum Gasteiger partial charge on any atom is -0.375 e. The Morgan fingerprint density at radius 1 is 1.32 bits per heavy atom. The summed E-state index contributed by atoms with van der Waals surface area (Å²) < 4.78 is 0. The molecule has 0 fully saturated rings. The molecule has 1 unspecified atom stereocenters. The zero-order valence-electron chi connectivity index (χ0n) is 9.71. The van der Waals surface area contributed by atoms with Gasteiger partial charge in [-0.15, -0.1) is 0 Å². The van der Waals surface area contributed by atoms with E-state index in [2.05, 4.69) is 22.7 Å². The van der Waals surface area contributed by atoms with E-state index in [0.29, 0.717) is 11.3 Å². The largest absolute Gasteiger partial charge is 0.375 e. The molecule has 0 heterocycles. The van der Waals surface area contributed by atoms with E-state index in [1.807, 2.05) is 12.1 Å². The van der Waals surface area contributed by atoms with Crippen molar-refractivity contribution in [1.82, 2.24) is 5.43 Å². The average molecular weight is 271 g/mol. The molecule has 0 saturated carbocycles. The van der Waals surface area contributed by atoms with Crippen molar-refractivity contribution in [3.05, 3.63) is 41.0 Å². The molecule has 19 heavy (non-hydrogen) atoms. The number of hydrazone groups is 1. The smallest absolute Gasteiger partial charge is 0.229 e. The molecule has 0 aromatic heterocycles. The molecule has 2 aliphatic carbocycles. The summed E-state index contributed by atoms with van der Waals surface area (Å²) in [6.45, 7) is 0. The monoisotopic (exact) mass is 271 g/mol. The Labute approximate surface area is 114 Å². The van der Waals surface area contributed by atoms with Crippen molar-refractivity contribution in [2.45, 2.75) is 5.92 Å². The van der Waals surface area contributed by atoms with Crippen LogP contribution < -0.4 is 11.2 Å². The molecular weight excluding hydrogens is 262 g/mol. The highest BCUT2D eigenvalue weighted by atomic mass is 32.1. The highest BCUT2D eigenvalue weighted by Crippen LogP contribution is 2.37. The van der Waals surface area contributed by atoms with Crippen molar-refractivity contribution in [2.24, 2.45) is 10.8 Å². The quantitative estimate of drug-likeness (QED) is 0.447. The summed E-state index contributed by atoms with van der Waals surface area (Å²) in [6.07, 6.45) is 3.51. The number of rotatable bonds is 1. The number of hydrogen-bond donors (Lipinski definition) is 2. The first-order chi connectivity index (χ1) is 9.09. The number of benzene rings is 1. The molecule has 0 aliphatic heterocycles. The van der Waals surface area contributed by atoms with Gasteiger partial charge in [0.1, 0.15) is 0 Å². The zero-order chi connectivity index (χ0) is 13.6. The summed E-state index contributed by atoms with van der Waals surface area (Å²) in [4.78, 5) is 24.0. The van der Waals surface area contributed by atoms with E-state index in [1.54, 1.807) is 18.2 Å². The van der Waals surface area contributed by atoms with Crippen LogP contribution in [0.25, 0.3) is 6.08 Å². The van der Waals surface area contributed by atoms with Gasteiger partial charge in [-0.3, -0.25) is 15.0 Å². The van der Waals surface area contributed by atoms with Gasteiger partial charge < -0.3 is 5.73 Å². The lowest BCUT2D eigenvalue weighted by molar-refractivity contribution is -0.114. The third-order valence-electron chi connectivity index (χ3n) is 3.18. The van der Waals surface area contributed by atoms with Gasteiger partial charge in [-0.2, -0.15) is 5.10 Å². The van der Waals surface area contributed by atoms with Crippen LogP contribution in [-0.2, 0) is 4.79 Å². The van der Waals surface area contributed by atoms with Gasteiger partial charge in [-0.25, -0.2) is 0 Å². The van der Waals surface area contributed by atoms with Crippen LogP contribution in [0.1, 0.15) is 27.4 Å². The SMILES string of the molecule is NC(=S)NN=C1C=Cc2cccc3c2C1C(=O)C3=O. The molecule has 1 atom stereocenters. The van der Waals surface area contributed by atoms with Crippen molar-refractivity contribution in [3.8, 4) is 0 Å². The van der Waals surface area contributed by atoms with E-state index >= 15 is 0 Å². The van der Waals surface area contributed by atoms with Gasteiger partial charge in [-0.1, -0.05) is 24.3 Å². The second-order valence-electron chi connectivity index (χ2n) is 4.28. The second kappa shape index (κ2) is 4.10. The number of Topliss-reactive ketones (excluding diaryl/α,β-unsaturated/α-hetero) is 2.